The zero-order valence-corrected chi connectivity index (χ0v) is 10.7. The SMILES string of the molecule is O=c1[nH][nH]c(=O)n1C1=CCN(Cc2ccccc2)C=C1. The summed E-state index contributed by atoms with van der Waals surface area (Å²) in [5.74, 6) is 0. The quantitative estimate of drug-likeness (QED) is 0.863. The van der Waals surface area contributed by atoms with Gasteiger partial charge in [-0.25, -0.2) is 24.4 Å². The molecule has 0 saturated heterocycles. The van der Waals surface area contributed by atoms with Gasteiger partial charge in [-0.3, -0.25) is 0 Å². The van der Waals surface area contributed by atoms with Gasteiger partial charge in [-0.2, -0.15) is 0 Å². The van der Waals surface area contributed by atoms with Crippen LogP contribution in [0, 0.1) is 0 Å². The monoisotopic (exact) mass is 270 g/mol. The number of hydrogen-bond acceptors (Lipinski definition) is 3. The summed E-state index contributed by atoms with van der Waals surface area (Å²) in [5, 5.41) is 4.53. The number of allylic oxidation sites excluding steroid dienone is 2. The summed E-state index contributed by atoms with van der Waals surface area (Å²) in [5.41, 5.74) is 0.886. The summed E-state index contributed by atoms with van der Waals surface area (Å²) in [7, 11) is 0. The van der Waals surface area contributed by atoms with Gasteiger partial charge < -0.3 is 4.90 Å². The minimum atomic E-state index is -0.456. The van der Waals surface area contributed by atoms with E-state index < -0.39 is 11.4 Å². The Kier molecular flexibility index (Phi) is 3.12. The molecule has 0 saturated carbocycles. The Bertz CT molecular complexity index is 737. The molecule has 0 amide bonds. The maximum absolute atomic E-state index is 11.5. The highest BCUT2D eigenvalue weighted by Crippen LogP contribution is 2.12. The molecule has 1 aliphatic rings. The molecule has 0 aliphatic carbocycles. The van der Waals surface area contributed by atoms with Crippen molar-refractivity contribution in [2.24, 2.45) is 0 Å². The maximum Gasteiger partial charge on any atom is 0.348 e. The van der Waals surface area contributed by atoms with Crippen molar-refractivity contribution >= 4 is 5.70 Å². The first-order valence-corrected chi connectivity index (χ1v) is 6.30. The van der Waals surface area contributed by atoms with Gasteiger partial charge in [0, 0.05) is 19.3 Å². The molecular formula is C14H14N4O2. The maximum atomic E-state index is 11.5. The summed E-state index contributed by atoms with van der Waals surface area (Å²) in [6, 6.07) is 10.1. The Morgan fingerprint density at radius 3 is 2.35 bits per heavy atom. The zero-order chi connectivity index (χ0) is 13.9. The largest absolute Gasteiger partial charge is 0.369 e. The highest BCUT2D eigenvalue weighted by atomic mass is 16.2. The zero-order valence-electron chi connectivity index (χ0n) is 10.7. The average molecular weight is 270 g/mol. The van der Waals surface area contributed by atoms with Crippen molar-refractivity contribution in [3.8, 4) is 0 Å². The van der Waals surface area contributed by atoms with E-state index in [1.54, 1.807) is 6.08 Å². The fraction of sp³-hybridized carbons (Fsp3) is 0.143. The van der Waals surface area contributed by atoms with Crippen molar-refractivity contribution in [1.29, 1.82) is 0 Å². The van der Waals surface area contributed by atoms with Crippen molar-refractivity contribution < 1.29 is 0 Å². The smallest absolute Gasteiger partial charge is 0.348 e. The summed E-state index contributed by atoms with van der Waals surface area (Å²) in [6.07, 6.45) is 5.51. The molecule has 0 spiro atoms. The van der Waals surface area contributed by atoms with Crippen LogP contribution in [0.15, 0.2) is 58.3 Å². The van der Waals surface area contributed by atoms with Crippen LogP contribution < -0.4 is 11.4 Å². The van der Waals surface area contributed by atoms with Crippen LogP contribution in [-0.2, 0) is 6.54 Å². The second-order valence-electron chi connectivity index (χ2n) is 4.56. The Hall–Kier alpha value is -2.76. The van der Waals surface area contributed by atoms with Crippen LogP contribution in [-0.4, -0.2) is 26.2 Å². The first-order valence-electron chi connectivity index (χ1n) is 6.30. The molecule has 6 heteroatoms. The van der Waals surface area contributed by atoms with Crippen LogP contribution in [0.2, 0.25) is 0 Å². The van der Waals surface area contributed by atoms with Gasteiger partial charge in [0.1, 0.15) is 0 Å². The fourth-order valence-electron chi connectivity index (χ4n) is 2.17. The standard InChI is InChI=1S/C14H14N4O2/c19-13-15-16-14(20)18(13)12-6-8-17(9-7-12)10-11-4-2-1-3-5-11/h1-8H,9-10H2,(H,15,19)(H,16,20). The minimum Gasteiger partial charge on any atom is -0.369 e. The molecule has 2 aromatic rings. The van der Waals surface area contributed by atoms with Crippen molar-refractivity contribution in [3.63, 3.8) is 0 Å². The van der Waals surface area contributed by atoms with Crippen molar-refractivity contribution in [2.75, 3.05) is 6.54 Å². The van der Waals surface area contributed by atoms with Gasteiger partial charge in [-0.15, -0.1) is 0 Å². The number of aromatic nitrogens is 3. The number of aromatic amines is 2. The molecule has 1 aromatic heterocycles. The highest BCUT2D eigenvalue weighted by Gasteiger charge is 2.11. The predicted octanol–water partition coefficient (Wildman–Crippen LogP) is 0.735. The van der Waals surface area contributed by atoms with Crippen LogP contribution in [0.1, 0.15) is 5.56 Å². The molecule has 0 radical (unpaired) electrons. The number of nitrogens with zero attached hydrogens (tertiary/aromatic N) is 2. The van der Waals surface area contributed by atoms with Crippen LogP contribution >= 0.6 is 0 Å². The molecule has 1 aliphatic heterocycles. The average Bonchev–Trinajstić information content (AvgIpc) is 2.81. The molecule has 3 rings (SSSR count). The van der Waals surface area contributed by atoms with Crippen LogP contribution in [0.3, 0.4) is 0 Å². The normalized spacial score (nSPS) is 14.4. The highest BCUT2D eigenvalue weighted by molar-refractivity contribution is 5.57. The van der Waals surface area contributed by atoms with Gasteiger partial charge in [0.15, 0.2) is 0 Å². The molecule has 0 unspecified atom stereocenters. The summed E-state index contributed by atoms with van der Waals surface area (Å²) < 4.78 is 1.08. The molecule has 0 atom stereocenters. The van der Waals surface area contributed by atoms with Crippen molar-refractivity contribution in [2.45, 2.75) is 6.54 Å². The summed E-state index contributed by atoms with van der Waals surface area (Å²) >= 11 is 0. The summed E-state index contributed by atoms with van der Waals surface area (Å²) in [4.78, 5) is 25.1. The van der Waals surface area contributed by atoms with Crippen LogP contribution in [0.4, 0.5) is 0 Å². The van der Waals surface area contributed by atoms with E-state index in [0.29, 0.717) is 12.2 Å². The Balaban J connectivity index is 1.75. The third-order valence-electron chi connectivity index (χ3n) is 3.16. The van der Waals surface area contributed by atoms with Crippen LogP contribution in [0.25, 0.3) is 5.70 Å². The second kappa shape index (κ2) is 5.08. The third-order valence-corrected chi connectivity index (χ3v) is 3.16. The first-order chi connectivity index (χ1) is 9.74. The van der Waals surface area contributed by atoms with E-state index in [1.807, 2.05) is 30.5 Å². The van der Waals surface area contributed by atoms with E-state index in [9.17, 15) is 9.59 Å². The minimum absolute atomic E-state index is 0.456. The van der Waals surface area contributed by atoms with E-state index >= 15 is 0 Å². The van der Waals surface area contributed by atoms with Gasteiger partial charge in [0.2, 0.25) is 0 Å². The first kappa shape index (κ1) is 12.3. The number of hydrogen-bond donors (Lipinski definition) is 2. The Morgan fingerprint density at radius 2 is 1.75 bits per heavy atom. The number of benzene rings is 1. The lowest BCUT2D eigenvalue weighted by Gasteiger charge is -2.22. The van der Waals surface area contributed by atoms with E-state index in [2.05, 4.69) is 27.2 Å². The van der Waals surface area contributed by atoms with Gasteiger partial charge in [0.25, 0.3) is 0 Å². The molecule has 20 heavy (non-hydrogen) atoms. The van der Waals surface area contributed by atoms with E-state index in [0.717, 1.165) is 11.1 Å². The van der Waals surface area contributed by atoms with Crippen molar-refractivity contribution in [3.05, 3.63) is 75.2 Å². The van der Waals surface area contributed by atoms with E-state index in [1.165, 1.54) is 5.56 Å². The molecule has 0 bridgehead atoms. The Labute approximate surface area is 114 Å². The Morgan fingerprint density at radius 1 is 1.05 bits per heavy atom. The molecule has 2 N–H and O–H groups in total. The number of nitrogens with one attached hydrogen (secondary N) is 2. The van der Waals surface area contributed by atoms with Crippen molar-refractivity contribution in [1.82, 2.24) is 19.7 Å². The molecule has 0 fully saturated rings. The topological polar surface area (TPSA) is 73.9 Å². The number of H-pyrrole nitrogens is 2. The lowest BCUT2D eigenvalue weighted by Crippen LogP contribution is -2.28. The van der Waals surface area contributed by atoms with Gasteiger partial charge in [-0.1, -0.05) is 30.3 Å². The van der Waals surface area contributed by atoms with Gasteiger partial charge in [-0.05, 0) is 17.7 Å². The lowest BCUT2D eigenvalue weighted by atomic mass is 10.2. The lowest BCUT2D eigenvalue weighted by molar-refractivity contribution is 0.405. The molecule has 2 heterocycles. The molecule has 6 nitrogen and oxygen atoms in total. The number of rotatable bonds is 3. The van der Waals surface area contributed by atoms with Gasteiger partial charge in [0.05, 0.1) is 5.70 Å². The summed E-state index contributed by atoms with van der Waals surface area (Å²) in [6.45, 7) is 1.44. The van der Waals surface area contributed by atoms with E-state index in [-0.39, 0.29) is 0 Å². The third kappa shape index (κ3) is 2.35. The molecule has 102 valence electrons. The molecular weight excluding hydrogens is 256 g/mol. The molecule has 1 aromatic carbocycles. The second-order valence-corrected chi connectivity index (χ2v) is 4.56. The van der Waals surface area contributed by atoms with E-state index in [4.69, 9.17) is 0 Å². The fourth-order valence-corrected chi connectivity index (χ4v) is 2.17. The van der Waals surface area contributed by atoms with Gasteiger partial charge >= 0.3 is 11.4 Å². The van der Waals surface area contributed by atoms with Crippen LogP contribution in [0.5, 0.6) is 0 Å². The predicted molar refractivity (Wildman–Crippen MR) is 75.9 cm³/mol.